The minimum Gasteiger partial charge on any atom is -0.252 e. The molecule has 0 spiro atoms. The molecular formula is C13H15N3S. The summed E-state index contributed by atoms with van der Waals surface area (Å²) in [5.41, 5.74) is 6.22. The smallest absolute Gasteiger partial charge is 0.203 e. The molecule has 0 saturated heterocycles. The van der Waals surface area contributed by atoms with Crippen LogP contribution in [0.25, 0.3) is 0 Å². The summed E-state index contributed by atoms with van der Waals surface area (Å²) in [5, 5.41) is 7.25. The van der Waals surface area contributed by atoms with Crippen molar-refractivity contribution < 1.29 is 0 Å². The van der Waals surface area contributed by atoms with Gasteiger partial charge in [-0.05, 0) is 18.9 Å². The van der Waals surface area contributed by atoms with E-state index in [1.807, 2.05) is 30.5 Å². The minimum atomic E-state index is 0.837. The van der Waals surface area contributed by atoms with Crippen molar-refractivity contribution >= 4 is 22.2 Å². The zero-order valence-corrected chi connectivity index (χ0v) is 10.8. The maximum atomic E-state index is 4.41. The first-order valence-corrected chi connectivity index (χ1v) is 6.47. The SMILES string of the molecule is CC/C(=N\Nc1nc(C)cs1)c1ccccc1. The highest BCUT2D eigenvalue weighted by Crippen LogP contribution is 2.15. The standard InChI is InChI=1S/C13H15N3S/c1-3-12(11-7-5-4-6-8-11)15-16-13-14-10(2)9-17-13/h4-9H,3H2,1-2H3,(H,14,16)/b15-12+. The highest BCUT2D eigenvalue weighted by molar-refractivity contribution is 7.13. The third-order valence-corrected chi connectivity index (χ3v) is 3.21. The van der Waals surface area contributed by atoms with Crippen LogP contribution in [0.2, 0.25) is 0 Å². The Kier molecular flexibility index (Phi) is 3.88. The number of thiazole rings is 1. The third kappa shape index (κ3) is 3.14. The Hall–Kier alpha value is -1.68. The van der Waals surface area contributed by atoms with Crippen LogP contribution in [0.5, 0.6) is 0 Å². The highest BCUT2D eigenvalue weighted by atomic mass is 32.1. The van der Waals surface area contributed by atoms with Gasteiger partial charge in [-0.2, -0.15) is 5.10 Å². The molecule has 0 amide bonds. The van der Waals surface area contributed by atoms with E-state index in [1.165, 1.54) is 0 Å². The fraction of sp³-hybridized carbons (Fsp3) is 0.231. The fourth-order valence-corrected chi connectivity index (χ4v) is 2.13. The number of hydrogen-bond donors (Lipinski definition) is 1. The van der Waals surface area contributed by atoms with E-state index in [1.54, 1.807) is 11.3 Å². The first-order chi connectivity index (χ1) is 8.29. The molecule has 1 N–H and O–H groups in total. The molecule has 1 heterocycles. The molecule has 1 aromatic carbocycles. The molecule has 0 bridgehead atoms. The van der Waals surface area contributed by atoms with Gasteiger partial charge in [0.2, 0.25) is 5.13 Å². The lowest BCUT2D eigenvalue weighted by Crippen LogP contribution is -2.02. The maximum Gasteiger partial charge on any atom is 0.203 e. The molecule has 17 heavy (non-hydrogen) atoms. The molecule has 3 nitrogen and oxygen atoms in total. The second-order valence-corrected chi connectivity index (χ2v) is 4.54. The average Bonchev–Trinajstić information content (AvgIpc) is 2.77. The van der Waals surface area contributed by atoms with Crippen LogP contribution in [-0.2, 0) is 0 Å². The third-order valence-electron chi connectivity index (χ3n) is 2.35. The van der Waals surface area contributed by atoms with E-state index in [9.17, 15) is 0 Å². The van der Waals surface area contributed by atoms with Gasteiger partial charge in [0.15, 0.2) is 0 Å². The first-order valence-electron chi connectivity index (χ1n) is 5.59. The van der Waals surface area contributed by atoms with Gasteiger partial charge >= 0.3 is 0 Å². The van der Waals surface area contributed by atoms with Crippen molar-refractivity contribution in [1.29, 1.82) is 0 Å². The van der Waals surface area contributed by atoms with Gasteiger partial charge < -0.3 is 0 Å². The van der Waals surface area contributed by atoms with Crippen LogP contribution in [0.3, 0.4) is 0 Å². The van der Waals surface area contributed by atoms with Crippen LogP contribution < -0.4 is 5.43 Å². The monoisotopic (exact) mass is 245 g/mol. The topological polar surface area (TPSA) is 37.3 Å². The van der Waals surface area contributed by atoms with Crippen molar-refractivity contribution in [1.82, 2.24) is 4.98 Å². The molecule has 2 aromatic rings. The Morgan fingerprint density at radius 1 is 1.35 bits per heavy atom. The number of rotatable bonds is 4. The molecule has 4 heteroatoms. The highest BCUT2D eigenvalue weighted by Gasteiger charge is 2.01. The Morgan fingerprint density at radius 2 is 2.12 bits per heavy atom. The number of hydrogen-bond acceptors (Lipinski definition) is 4. The van der Waals surface area contributed by atoms with Crippen LogP contribution in [-0.4, -0.2) is 10.7 Å². The van der Waals surface area contributed by atoms with E-state index in [2.05, 4.69) is 34.6 Å². The fourth-order valence-electron chi connectivity index (χ4n) is 1.50. The van der Waals surface area contributed by atoms with E-state index in [0.29, 0.717) is 0 Å². The molecule has 0 aliphatic heterocycles. The van der Waals surface area contributed by atoms with Gasteiger partial charge in [0.05, 0.1) is 11.4 Å². The molecule has 88 valence electrons. The number of aryl methyl sites for hydroxylation is 1. The van der Waals surface area contributed by atoms with Crippen molar-refractivity contribution in [3.8, 4) is 0 Å². The van der Waals surface area contributed by atoms with Crippen LogP contribution in [0.4, 0.5) is 5.13 Å². The predicted octanol–water partition coefficient (Wildman–Crippen LogP) is 3.68. The summed E-state index contributed by atoms with van der Waals surface area (Å²) in [6.07, 6.45) is 0.890. The molecule has 1 aromatic heterocycles. The Labute approximate surface area is 105 Å². The Morgan fingerprint density at radius 3 is 2.71 bits per heavy atom. The largest absolute Gasteiger partial charge is 0.252 e. The Bertz CT molecular complexity index is 502. The molecular weight excluding hydrogens is 230 g/mol. The van der Waals surface area contributed by atoms with Crippen LogP contribution in [0, 0.1) is 6.92 Å². The molecule has 0 aliphatic rings. The number of nitrogens with one attached hydrogen (secondary N) is 1. The van der Waals surface area contributed by atoms with Crippen molar-refractivity contribution in [2.75, 3.05) is 5.43 Å². The van der Waals surface area contributed by atoms with Crippen molar-refractivity contribution in [3.63, 3.8) is 0 Å². The average molecular weight is 245 g/mol. The van der Waals surface area contributed by atoms with Gasteiger partial charge in [0.25, 0.3) is 0 Å². The molecule has 0 saturated carbocycles. The van der Waals surface area contributed by atoms with Crippen LogP contribution in [0.1, 0.15) is 24.6 Å². The number of anilines is 1. The van der Waals surface area contributed by atoms with Crippen molar-refractivity contribution in [2.24, 2.45) is 5.10 Å². The molecule has 0 atom stereocenters. The van der Waals surface area contributed by atoms with E-state index in [0.717, 1.165) is 28.5 Å². The van der Waals surface area contributed by atoms with Gasteiger partial charge in [-0.1, -0.05) is 37.3 Å². The second-order valence-electron chi connectivity index (χ2n) is 3.68. The number of benzene rings is 1. The van der Waals surface area contributed by atoms with Crippen molar-refractivity contribution in [3.05, 3.63) is 47.0 Å². The summed E-state index contributed by atoms with van der Waals surface area (Å²) in [6, 6.07) is 10.2. The summed E-state index contributed by atoms with van der Waals surface area (Å²) in [4.78, 5) is 4.31. The lowest BCUT2D eigenvalue weighted by molar-refractivity contribution is 1.18. The lowest BCUT2D eigenvalue weighted by Gasteiger charge is -2.03. The maximum absolute atomic E-state index is 4.41. The molecule has 0 fully saturated rings. The van der Waals surface area contributed by atoms with Crippen LogP contribution >= 0.6 is 11.3 Å². The van der Waals surface area contributed by atoms with Gasteiger partial charge in [0.1, 0.15) is 0 Å². The number of nitrogens with zero attached hydrogens (tertiary/aromatic N) is 2. The second kappa shape index (κ2) is 5.59. The first kappa shape index (κ1) is 11.8. The lowest BCUT2D eigenvalue weighted by atomic mass is 10.1. The molecule has 0 radical (unpaired) electrons. The Balaban J connectivity index is 2.14. The van der Waals surface area contributed by atoms with Gasteiger partial charge in [-0.3, -0.25) is 5.43 Å². The normalized spacial score (nSPS) is 11.5. The summed E-state index contributed by atoms with van der Waals surface area (Å²) < 4.78 is 0. The molecule has 0 unspecified atom stereocenters. The summed E-state index contributed by atoms with van der Waals surface area (Å²) >= 11 is 1.57. The number of aromatic nitrogens is 1. The van der Waals surface area contributed by atoms with Gasteiger partial charge in [0, 0.05) is 5.38 Å². The minimum absolute atomic E-state index is 0.837. The predicted molar refractivity (Wildman–Crippen MR) is 73.7 cm³/mol. The summed E-state index contributed by atoms with van der Waals surface area (Å²) in [5.74, 6) is 0. The number of hydrazone groups is 1. The molecule has 2 rings (SSSR count). The molecule has 0 aliphatic carbocycles. The van der Waals surface area contributed by atoms with Gasteiger partial charge in [-0.15, -0.1) is 11.3 Å². The summed E-state index contributed by atoms with van der Waals surface area (Å²) in [6.45, 7) is 4.07. The van der Waals surface area contributed by atoms with Crippen LogP contribution in [0.15, 0.2) is 40.8 Å². The van der Waals surface area contributed by atoms with Crippen molar-refractivity contribution in [2.45, 2.75) is 20.3 Å². The van der Waals surface area contributed by atoms with E-state index >= 15 is 0 Å². The quantitative estimate of drug-likeness (QED) is 0.659. The summed E-state index contributed by atoms with van der Waals surface area (Å²) in [7, 11) is 0. The van der Waals surface area contributed by atoms with E-state index in [4.69, 9.17) is 0 Å². The zero-order chi connectivity index (χ0) is 12.1. The van der Waals surface area contributed by atoms with E-state index in [-0.39, 0.29) is 0 Å². The van der Waals surface area contributed by atoms with E-state index < -0.39 is 0 Å². The van der Waals surface area contributed by atoms with Gasteiger partial charge in [-0.25, -0.2) is 4.98 Å². The zero-order valence-electron chi connectivity index (χ0n) is 9.97.